The molecule has 0 heterocycles. The van der Waals surface area contributed by atoms with Gasteiger partial charge in [-0.1, -0.05) is 6.58 Å². The third kappa shape index (κ3) is 3.32. The highest BCUT2D eigenvalue weighted by Gasteiger charge is 2.57. The highest BCUT2D eigenvalue weighted by molar-refractivity contribution is 5.90. The van der Waals surface area contributed by atoms with E-state index in [2.05, 4.69) is 6.58 Å². The molecule has 2 rings (SSSR count). The van der Waals surface area contributed by atoms with E-state index in [4.69, 9.17) is 14.2 Å². The Hall–Kier alpha value is -1.85. The van der Waals surface area contributed by atoms with Gasteiger partial charge in [0.1, 0.15) is 5.60 Å². The van der Waals surface area contributed by atoms with Gasteiger partial charge >= 0.3 is 17.9 Å². The summed E-state index contributed by atoms with van der Waals surface area (Å²) < 4.78 is 15.8. The van der Waals surface area contributed by atoms with Crippen LogP contribution in [0.5, 0.6) is 0 Å². The Labute approximate surface area is 142 Å². The van der Waals surface area contributed by atoms with Gasteiger partial charge in [-0.15, -0.1) is 0 Å². The predicted octanol–water partition coefficient (Wildman–Crippen LogP) is 2.41. The minimum Gasteiger partial charge on any atom is -0.469 e. The van der Waals surface area contributed by atoms with Crippen molar-refractivity contribution in [2.45, 2.75) is 58.2 Å². The van der Waals surface area contributed by atoms with Crippen molar-refractivity contribution in [3.63, 3.8) is 0 Å². The van der Waals surface area contributed by atoms with E-state index in [1.165, 1.54) is 27.9 Å². The molecule has 0 aromatic heterocycles. The maximum absolute atomic E-state index is 12.5. The summed E-state index contributed by atoms with van der Waals surface area (Å²) in [4.78, 5) is 36.0. The molecule has 0 N–H and O–H groups in total. The van der Waals surface area contributed by atoms with Crippen molar-refractivity contribution in [1.82, 2.24) is 0 Å². The highest BCUT2D eigenvalue weighted by Crippen LogP contribution is 2.55. The van der Waals surface area contributed by atoms with Crippen LogP contribution in [0.4, 0.5) is 0 Å². The fourth-order valence-corrected chi connectivity index (χ4v) is 3.80. The molecule has 0 amide bonds. The summed E-state index contributed by atoms with van der Waals surface area (Å²) in [7, 11) is 1.39. The molecule has 0 aromatic rings. The molecule has 134 valence electrons. The Morgan fingerprint density at radius 2 is 1.83 bits per heavy atom. The Bertz CT molecular complexity index is 578. The highest BCUT2D eigenvalue weighted by atomic mass is 16.6. The lowest BCUT2D eigenvalue weighted by Crippen LogP contribution is -2.47. The summed E-state index contributed by atoms with van der Waals surface area (Å²) in [6.07, 6.45) is 2.12. The second-order valence-corrected chi connectivity index (χ2v) is 7.64. The lowest BCUT2D eigenvalue weighted by molar-refractivity contribution is -0.192. The van der Waals surface area contributed by atoms with Crippen LogP contribution in [-0.4, -0.2) is 36.2 Å². The third-order valence-electron chi connectivity index (χ3n) is 5.24. The molecule has 2 aliphatic carbocycles. The largest absolute Gasteiger partial charge is 0.469 e. The maximum Gasteiger partial charge on any atom is 0.350 e. The van der Waals surface area contributed by atoms with Gasteiger partial charge in [-0.25, -0.2) is 9.59 Å². The van der Waals surface area contributed by atoms with E-state index >= 15 is 0 Å². The third-order valence-corrected chi connectivity index (χ3v) is 5.24. The molecule has 0 saturated heterocycles. The van der Waals surface area contributed by atoms with Crippen LogP contribution in [0.1, 0.15) is 47.0 Å². The van der Waals surface area contributed by atoms with Crippen LogP contribution in [0.2, 0.25) is 0 Å². The Balaban J connectivity index is 2.02. The number of hydrogen-bond donors (Lipinski definition) is 0. The molecule has 2 bridgehead atoms. The maximum atomic E-state index is 12.5. The second kappa shape index (κ2) is 6.22. The van der Waals surface area contributed by atoms with Crippen LogP contribution in [-0.2, 0) is 28.6 Å². The molecule has 6 heteroatoms. The molecule has 2 aliphatic rings. The van der Waals surface area contributed by atoms with Crippen LogP contribution in [0, 0.1) is 17.8 Å². The van der Waals surface area contributed by atoms with Gasteiger partial charge < -0.3 is 14.2 Å². The summed E-state index contributed by atoms with van der Waals surface area (Å²) in [5.41, 5.74) is -1.80. The van der Waals surface area contributed by atoms with Gasteiger partial charge in [-0.05, 0) is 58.8 Å². The zero-order valence-electron chi connectivity index (χ0n) is 15.0. The molecular weight excluding hydrogens is 312 g/mol. The molecule has 4 unspecified atom stereocenters. The second-order valence-electron chi connectivity index (χ2n) is 7.64. The van der Waals surface area contributed by atoms with E-state index in [9.17, 15) is 14.4 Å². The normalized spacial score (nSPS) is 31.5. The van der Waals surface area contributed by atoms with Crippen LogP contribution < -0.4 is 0 Å². The van der Waals surface area contributed by atoms with Crippen LogP contribution in [0.25, 0.3) is 0 Å². The minimum absolute atomic E-state index is 0.110. The number of carbonyl (C=O) groups excluding carboxylic acids is 3. The average molecular weight is 338 g/mol. The summed E-state index contributed by atoms with van der Waals surface area (Å²) in [5, 5.41) is 0. The fourth-order valence-electron chi connectivity index (χ4n) is 3.80. The molecule has 6 nitrogen and oxygen atoms in total. The first kappa shape index (κ1) is 18.5. The Morgan fingerprint density at radius 3 is 2.29 bits per heavy atom. The van der Waals surface area contributed by atoms with E-state index in [0.29, 0.717) is 12.8 Å². The number of ether oxygens (including phenoxy) is 3. The van der Waals surface area contributed by atoms with Gasteiger partial charge in [0.05, 0.1) is 13.0 Å². The van der Waals surface area contributed by atoms with Crippen molar-refractivity contribution in [1.29, 1.82) is 0 Å². The molecule has 24 heavy (non-hydrogen) atoms. The van der Waals surface area contributed by atoms with Gasteiger partial charge in [-0.2, -0.15) is 0 Å². The molecular formula is C18H26O6. The van der Waals surface area contributed by atoms with Gasteiger partial charge in [0.2, 0.25) is 5.60 Å². The first-order valence-corrected chi connectivity index (χ1v) is 8.20. The summed E-state index contributed by atoms with van der Waals surface area (Å²) in [6.45, 7) is 9.93. The average Bonchev–Trinajstić information content (AvgIpc) is 3.02. The zero-order valence-corrected chi connectivity index (χ0v) is 15.0. The van der Waals surface area contributed by atoms with Crippen molar-refractivity contribution >= 4 is 17.9 Å². The first-order chi connectivity index (χ1) is 11.0. The topological polar surface area (TPSA) is 78.9 Å². The van der Waals surface area contributed by atoms with E-state index in [0.717, 1.165) is 6.42 Å². The van der Waals surface area contributed by atoms with E-state index in [1.807, 2.05) is 6.92 Å². The predicted molar refractivity (Wildman–Crippen MR) is 85.8 cm³/mol. The molecule has 0 aromatic carbocycles. The fraction of sp³-hybridized carbons (Fsp3) is 0.722. The zero-order chi connectivity index (χ0) is 18.3. The van der Waals surface area contributed by atoms with Crippen molar-refractivity contribution in [3.8, 4) is 0 Å². The van der Waals surface area contributed by atoms with Crippen molar-refractivity contribution in [2.75, 3.05) is 7.11 Å². The molecule has 0 radical (unpaired) electrons. The number of rotatable bonds is 5. The van der Waals surface area contributed by atoms with Crippen LogP contribution >= 0.6 is 0 Å². The summed E-state index contributed by atoms with van der Waals surface area (Å²) in [6, 6.07) is 0. The first-order valence-electron chi connectivity index (χ1n) is 8.20. The van der Waals surface area contributed by atoms with E-state index in [-0.39, 0.29) is 29.3 Å². The van der Waals surface area contributed by atoms with Crippen LogP contribution in [0.15, 0.2) is 12.2 Å². The van der Waals surface area contributed by atoms with E-state index < -0.39 is 23.1 Å². The number of esters is 3. The molecule has 4 atom stereocenters. The lowest BCUT2D eigenvalue weighted by atomic mass is 9.79. The number of carbonyl (C=O) groups is 3. The SMILES string of the molecule is C=C(C)C(=O)OC(C)(C)C(=O)OC1(C)CC2CC1CC2C(=O)OC. The smallest absolute Gasteiger partial charge is 0.350 e. The van der Waals surface area contributed by atoms with Crippen molar-refractivity contribution in [2.24, 2.45) is 17.8 Å². The van der Waals surface area contributed by atoms with Gasteiger partial charge in [0.25, 0.3) is 0 Å². The van der Waals surface area contributed by atoms with E-state index in [1.54, 1.807) is 0 Å². The number of fused-ring (bicyclic) bond motifs is 2. The van der Waals surface area contributed by atoms with Gasteiger partial charge in [0.15, 0.2) is 0 Å². The molecule has 0 aliphatic heterocycles. The Morgan fingerprint density at radius 1 is 1.21 bits per heavy atom. The minimum atomic E-state index is -1.39. The van der Waals surface area contributed by atoms with Gasteiger partial charge in [-0.3, -0.25) is 4.79 Å². The standard InChI is InChI=1S/C18H26O6/c1-10(2)14(19)23-17(3,4)16(21)24-18(5)9-11-7-12(18)8-13(11)15(20)22-6/h11-13H,1,7-9H2,2-6H3. The number of methoxy groups -OCH3 is 1. The summed E-state index contributed by atoms with van der Waals surface area (Å²) in [5.74, 6) is -1.22. The van der Waals surface area contributed by atoms with Crippen molar-refractivity contribution < 1.29 is 28.6 Å². The lowest BCUT2D eigenvalue weighted by Gasteiger charge is -2.38. The number of hydrogen-bond acceptors (Lipinski definition) is 6. The summed E-state index contributed by atoms with van der Waals surface area (Å²) >= 11 is 0. The van der Waals surface area contributed by atoms with Crippen molar-refractivity contribution in [3.05, 3.63) is 12.2 Å². The van der Waals surface area contributed by atoms with Crippen LogP contribution in [0.3, 0.4) is 0 Å². The molecule has 2 fully saturated rings. The Kier molecular flexibility index (Phi) is 4.79. The monoisotopic (exact) mass is 338 g/mol. The molecule has 0 spiro atoms. The molecule has 2 saturated carbocycles. The van der Waals surface area contributed by atoms with Gasteiger partial charge in [0, 0.05) is 5.57 Å². The quantitative estimate of drug-likeness (QED) is 0.435.